The summed E-state index contributed by atoms with van der Waals surface area (Å²) in [6, 6.07) is 4.81. The Morgan fingerprint density at radius 1 is 1.23 bits per heavy atom. The predicted octanol–water partition coefficient (Wildman–Crippen LogP) is 6.18. The quantitative estimate of drug-likeness (QED) is 0.361. The molecule has 0 fully saturated rings. The largest absolute Gasteiger partial charge is 0.417 e. The van der Waals surface area contributed by atoms with Gasteiger partial charge in [0.25, 0.3) is 0 Å². The summed E-state index contributed by atoms with van der Waals surface area (Å²) in [7, 11) is -1.65. The zero-order valence-electron chi connectivity index (χ0n) is 16.5. The molecule has 0 aliphatic rings. The number of hydrogen-bond donors (Lipinski definition) is 0. The molecule has 0 amide bonds. The van der Waals surface area contributed by atoms with Gasteiger partial charge in [-0.3, -0.25) is 0 Å². The standard InChI is InChI=1S/C20H30BrFN2OSi/c1-20(2,3)26(4,5)25-11-7-6-8-18-13-23-15-24(18)14-16-9-10-17(22)12-19(16)21/h9-10,12-13,15H,6-8,11,14H2,1-5H3. The Morgan fingerprint density at radius 3 is 2.62 bits per heavy atom. The van der Waals surface area contributed by atoms with Crippen molar-refractivity contribution < 1.29 is 8.82 Å². The van der Waals surface area contributed by atoms with Gasteiger partial charge in [0.15, 0.2) is 8.32 Å². The van der Waals surface area contributed by atoms with Crippen LogP contribution in [0.3, 0.4) is 0 Å². The van der Waals surface area contributed by atoms with Crippen LogP contribution in [-0.4, -0.2) is 24.5 Å². The number of rotatable bonds is 8. The molecule has 0 aliphatic carbocycles. The highest BCUT2D eigenvalue weighted by Crippen LogP contribution is 2.36. The molecule has 144 valence electrons. The second kappa shape index (κ2) is 8.80. The molecule has 1 heterocycles. The van der Waals surface area contributed by atoms with Gasteiger partial charge in [0.1, 0.15) is 5.82 Å². The van der Waals surface area contributed by atoms with Gasteiger partial charge in [-0.1, -0.05) is 42.8 Å². The summed E-state index contributed by atoms with van der Waals surface area (Å²) in [6.07, 6.45) is 6.87. The fourth-order valence-corrected chi connectivity index (χ4v) is 4.05. The molecule has 0 N–H and O–H groups in total. The van der Waals surface area contributed by atoms with Crippen LogP contribution < -0.4 is 0 Å². The normalized spacial score (nSPS) is 12.6. The number of benzene rings is 1. The second-order valence-corrected chi connectivity index (χ2v) is 14.0. The average Bonchev–Trinajstić information content (AvgIpc) is 2.96. The van der Waals surface area contributed by atoms with Crippen molar-refractivity contribution in [3.63, 3.8) is 0 Å². The highest BCUT2D eigenvalue weighted by atomic mass is 79.9. The van der Waals surface area contributed by atoms with Crippen LogP contribution in [0.25, 0.3) is 0 Å². The molecule has 3 nitrogen and oxygen atoms in total. The van der Waals surface area contributed by atoms with E-state index in [0.717, 1.165) is 35.9 Å². The lowest BCUT2D eigenvalue weighted by Crippen LogP contribution is -2.40. The predicted molar refractivity (Wildman–Crippen MR) is 112 cm³/mol. The Morgan fingerprint density at radius 2 is 1.96 bits per heavy atom. The number of aromatic nitrogens is 2. The van der Waals surface area contributed by atoms with Crippen molar-refractivity contribution in [1.29, 1.82) is 0 Å². The van der Waals surface area contributed by atoms with Gasteiger partial charge in [-0.25, -0.2) is 9.37 Å². The highest BCUT2D eigenvalue weighted by molar-refractivity contribution is 9.10. The molecule has 0 radical (unpaired) electrons. The second-order valence-electron chi connectivity index (χ2n) is 8.31. The molecular formula is C20H30BrFN2OSi. The minimum atomic E-state index is -1.65. The van der Waals surface area contributed by atoms with Crippen LogP contribution in [0.5, 0.6) is 0 Å². The smallest absolute Gasteiger partial charge is 0.191 e. The number of aryl methyl sites for hydroxylation is 1. The number of nitrogens with zero attached hydrogens (tertiary/aromatic N) is 2. The molecule has 0 saturated heterocycles. The molecule has 26 heavy (non-hydrogen) atoms. The number of unbranched alkanes of at least 4 members (excludes halogenated alkanes) is 1. The Bertz CT molecular complexity index is 725. The Balaban J connectivity index is 1.84. The van der Waals surface area contributed by atoms with Gasteiger partial charge in [-0.2, -0.15) is 0 Å². The highest BCUT2D eigenvalue weighted by Gasteiger charge is 2.36. The van der Waals surface area contributed by atoms with Crippen molar-refractivity contribution in [2.24, 2.45) is 0 Å². The molecule has 0 aliphatic heterocycles. The molecule has 2 aromatic rings. The molecular weight excluding hydrogens is 411 g/mol. The zero-order valence-corrected chi connectivity index (χ0v) is 19.1. The fraction of sp³-hybridized carbons (Fsp3) is 0.550. The van der Waals surface area contributed by atoms with Crippen LogP contribution in [-0.2, 0) is 17.4 Å². The summed E-state index contributed by atoms with van der Waals surface area (Å²) in [5.74, 6) is -0.229. The van der Waals surface area contributed by atoms with Gasteiger partial charge in [-0.05, 0) is 55.1 Å². The number of halogens is 2. The first-order valence-corrected chi connectivity index (χ1v) is 12.9. The maximum atomic E-state index is 13.2. The van der Waals surface area contributed by atoms with Crippen LogP contribution in [0.1, 0.15) is 44.9 Å². The topological polar surface area (TPSA) is 27.1 Å². The van der Waals surface area contributed by atoms with E-state index in [2.05, 4.69) is 59.3 Å². The van der Waals surface area contributed by atoms with Crippen molar-refractivity contribution in [2.75, 3.05) is 6.61 Å². The van der Waals surface area contributed by atoms with E-state index in [9.17, 15) is 4.39 Å². The Labute approximate surface area is 166 Å². The lowest BCUT2D eigenvalue weighted by atomic mass is 10.2. The van der Waals surface area contributed by atoms with Crippen LogP contribution >= 0.6 is 15.9 Å². The lowest BCUT2D eigenvalue weighted by molar-refractivity contribution is 0.279. The molecule has 0 spiro atoms. The maximum absolute atomic E-state index is 13.2. The minimum absolute atomic E-state index is 0.229. The third kappa shape index (κ3) is 5.76. The zero-order chi connectivity index (χ0) is 19.4. The van der Waals surface area contributed by atoms with Crippen LogP contribution in [0.4, 0.5) is 4.39 Å². The molecule has 1 aromatic carbocycles. The number of hydrogen-bond acceptors (Lipinski definition) is 2. The van der Waals surface area contributed by atoms with Gasteiger partial charge >= 0.3 is 0 Å². The van der Waals surface area contributed by atoms with E-state index in [-0.39, 0.29) is 10.9 Å². The van der Waals surface area contributed by atoms with Crippen molar-refractivity contribution in [3.8, 4) is 0 Å². The molecule has 0 bridgehead atoms. The average molecular weight is 441 g/mol. The minimum Gasteiger partial charge on any atom is -0.417 e. The van der Waals surface area contributed by atoms with Gasteiger partial charge in [-0.15, -0.1) is 0 Å². The fourth-order valence-electron chi connectivity index (χ4n) is 2.48. The molecule has 0 unspecified atom stereocenters. The third-order valence-corrected chi connectivity index (χ3v) is 10.5. The Hall–Kier alpha value is -0.983. The summed E-state index contributed by atoms with van der Waals surface area (Å²) in [6.45, 7) is 12.9. The summed E-state index contributed by atoms with van der Waals surface area (Å²) >= 11 is 3.44. The molecule has 2 rings (SSSR count). The first kappa shape index (κ1) is 21.3. The van der Waals surface area contributed by atoms with Crippen LogP contribution in [0.2, 0.25) is 18.1 Å². The van der Waals surface area contributed by atoms with Crippen molar-refractivity contribution in [1.82, 2.24) is 9.55 Å². The van der Waals surface area contributed by atoms with Crippen molar-refractivity contribution >= 4 is 24.2 Å². The summed E-state index contributed by atoms with van der Waals surface area (Å²) in [5, 5.41) is 0.258. The van der Waals surface area contributed by atoms with Crippen molar-refractivity contribution in [2.45, 2.75) is 64.7 Å². The molecule has 0 saturated carbocycles. The van der Waals surface area contributed by atoms with Crippen LogP contribution in [0, 0.1) is 5.82 Å². The molecule has 1 aromatic heterocycles. The van der Waals surface area contributed by atoms with E-state index >= 15 is 0 Å². The molecule has 0 atom stereocenters. The van der Waals surface area contributed by atoms with Crippen LogP contribution in [0.15, 0.2) is 35.2 Å². The maximum Gasteiger partial charge on any atom is 0.191 e. The van der Waals surface area contributed by atoms with E-state index in [1.165, 1.54) is 17.8 Å². The monoisotopic (exact) mass is 440 g/mol. The van der Waals surface area contributed by atoms with E-state index in [1.807, 2.05) is 18.6 Å². The third-order valence-electron chi connectivity index (χ3n) is 5.25. The van der Waals surface area contributed by atoms with Gasteiger partial charge in [0.2, 0.25) is 0 Å². The van der Waals surface area contributed by atoms with Gasteiger partial charge < -0.3 is 8.99 Å². The van der Waals surface area contributed by atoms with Gasteiger partial charge in [0.05, 0.1) is 6.33 Å². The van der Waals surface area contributed by atoms with Gasteiger partial charge in [0, 0.05) is 29.5 Å². The lowest BCUT2D eigenvalue weighted by Gasteiger charge is -2.36. The van der Waals surface area contributed by atoms with Crippen molar-refractivity contribution in [3.05, 3.63) is 52.3 Å². The Kier molecular flexibility index (Phi) is 7.22. The SMILES string of the molecule is CC(C)(C)[Si](C)(C)OCCCCc1cncn1Cc1ccc(F)cc1Br. The number of imidazole rings is 1. The first-order valence-electron chi connectivity index (χ1n) is 9.17. The van der Waals surface area contributed by atoms with E-state index < -0.39 is 8.32 Å². The summed E-state index contributed by atoms with van der Waals surface area (Å²) in [5.41, 5.74) is 2.25. The van der Waals surface area contributed by atoms with E-state index in [0.29, 0.717) is 6.54 Å². The van der Waals surface area contributed by atoms with E-state index in [1.54, 1.807) is 0 Å². The molecule has 6 heteroatoms. The van der Waals surface area contributed by atoms with E-state index in [4.69, 9.17) is 4.43 Å². The first-order chi connectivity index (χ1) is 12.1. The summed E-state index contributed by atoms with van der Waals surface area (Å²) in [4.78, 5) is 4.29. The summed E-state index contributed by atoms with van der Waals surface area (Å²) < 4.78 is 22.4.